The Morgan fingerprint density at radius 2 is 2.22 bits per heavy atom. The number of aromatic nitrogens is 3. The zero-order valence-electron chi connectivity index (χ0n) is 15.1. The van der Waals surface area contributed by atoms with Crippen LogP contribution in [0.2, 0.25) is 0 Å². The smallest absolute Gasteiger partial charge is 0.290 e. The zero-order valence-corrected chi connectivity index (χ0v) is 15.1. The van der Waals surface area contributed by atoms with E-state index in [2.05, 4.69) is 9.97 Å². The number of likely N-dealkylation sites (tertiary alicyclic amines) is 1. The van der Waals surface area contributed by atoms with Crippen molar-refractivity contribution in [3.63, 3.8) is 0 Å². The second-order valence-corrected chi connectivity index (χ2v) is 6.84. The Morgan fingerprint density at radius 3 is 3.00 bits per heavy atom. The van der Waals surface area contributed by atoms with Gasteiger partial charge in [-0.1, -0.05) is 12.1 Å². The molecular formula is C20H21FN4O2. The number of nitrogens with zero attached hydrogens (tertiary/aromatic N) is 4. The predicted octanol–water partition coefficient (Wildman–Crippen LogP) is 3.51. The fourth-order valence-corrected chi connectivity index (χ4v) is 3.54. The summed E-state index contributed by atoms with van der Waals surface area (Å²) in [4.78, 5) is 23.3. The van der Waals surface area contributed by atoms with Gasteiger partial charge in [-0.2, -0.15) is 0 Å². The van der Waals surface area contributed by atoms with Crippen LogP contribution in [0.1, 0.15) is 53.1 Å². The fraction of sp³-hybridized carbons (Fsp3) is 0.350. The molecule has 0 aliphatic carbocycles. The first-order valence-electron chi connectivity index (χ1n) is 9.09. The van der Waals surface area contributed by atoms with Gasteiger partial charge in [0.15, 0.2) is 5.82 Å². The molecule has 0 saturated carbocycles. The van der Waals surface area contributed by atoms with Crippen LogP contribution in [-0.2, 0) is 13.5 Å². The standard InChI is InChI=1S/C20H21FN4O2/c1-24-10-8-22-18(24)20(26)25-9-3-2-7-17(25)19-23-13-16(27-19)12-14-5-4-6-15(21)11-14/h4-6,8,10-11,13,17H,2-3,7,9,12H2,1H3. The number of halogens is 1. The number of rotatable bonds is 4. The van der Waals surface area contributed by atoms with Crippen LogP contribution in [0, 0.1) is 5.82 Å². The minimum atomic E-state index is -0.272. The van der Waals surface area contributed by atoms with Gasteiger partial charge in [-0.3, -0.25) is 4.79 Å². The van der Waals surface area contributed by atoms with Gasteiger partial charge in [-0.15, -0.1) is 0 Å². The molecule has 27 heavy (non-hydrogen) atoms. The van der Waals surface area contributed by atoms with E-state index >= 15 is 0 Å². The number of imidazole rings is 1. The lowest BCUT2D eigenvalue weighted by Crippen LogP contribution is -2.39. The molecule has 1 fully saturated rings. The Morgan fingerprint density at radius 1 is 1.33 bits per heavy atom. The average molecular weight is 368 g/mol. The van der Waals surface area contributed by atoms with Gasteiger partial charge in [0.25, 0.3) is 5.91 Å². The second-order valence-electron chi connectivity index (χ2n) is 6.84. The van der Waals surface area contributed by atoms with Gasteiger partial charge in [-0.25, -0.2) is 14.4 Å². The molecule has 1 atom stereocenters. The predicted molar refractivity (Wildman–Crippen MR) is 96.5 cm³/mol. The molecule has 4 rings (SSSR count). The molecule has 3 heterocycles. The number of benzene rings is 1. The minimum Gasteiger partial charge on any atom is -0.443 e. The van der Waals surface area contributed by atoms with Crippen molar-refractivity contribution < 1.29 is 13.6 Å². The molecule has 6 nitrogen and oxygen atoms in total. The van der Waals surface area contributed by atoms with Crippen molar-refractivity contribution in [1.82, 2.24) is 19.4 Å². The average Bonchev–Trinajstić information content (AvgIpc) is 3.30. The molecular weight excluding hydrogens is 347 g/mol. The number of amides is 1. The van der Waals surface area contributed by atoms with E-state index in [0.29, 0.717) is 30.4 Å². The monoisotopic (exact) mass is 368 g/mol. The van der Waals surface area contributed by atoms with Gasteiger partial charge in [0.1, 0.15) is 17.6 Å². The lowest BCUT2D eigenvalue weighted by atomic mass is 10.0. The van der Waals surface area contributed by atoms with E-state index in [1.807, 2.05) is 6.07 Å². The SMILES string of the molecule is Cn1ccnc1C(=O)N1CCCCC1c1ncc(Cc2cccc(F)c2)o1. The van der Waals surface area contributed by atoms with Crippen LogP contribution < -0.4 is 0 Å². The normalized spacial score (nSPS) is 17.3. The molecule has 1 aromatic carbocycles. The summed E-state index contributed by atoms with van der Waals surface area (Å²) in [6.45, 7) is 0.651. The minimum absolute atomic E-state index is 0.114. The summed E-state index contributed by atoms with van der Waals surface area (Å²) in [5, 5.41) is 0. The molecule has 1 aliphatic rings. The maximum absolute atomic E-state index is 13.4. The summed E-state index contributed by atoms with van der Waals surface area (Å²) in [7, 11) is 1.81. The third-order valence-electron chi connectivity index (χ3n) is 4.90. The Hall–Kier alpha value is -2.96. The van der Waals surface area contributed by atoms with E-state index in [1.165, 1.54) is 12.1 Å². The number of piperidine rings is 1. The molecule has 1 unspecified atom stereocenters. The number of oxazole rings is 1. The van der Waals surface area contributed by atoms with Crippen molar-refractivity contribution in [2.24, 2.45) is 7.05 Å². The second kappa shape index (κ2) is 7.34. The first kappa shape index (κ1) is 17.5. The summed E-state index contributed by atoms with van der Waals surface area (Å²) in [6, 6.07) is 6.22. The van der Waals surface area contributed by atoms with Crippen LogP contribution in [-0.4, -0.2) is 31.9 Å². The van der Waals surface area contributed by atoms with E-state index in [4.69, 9.17) is 4.42 Å². The van der Waals surface area contributed by atoms with Crippen molar-refractivity contribution in [3.05, 3.63) is 71.7 Å². The van der Waals surface area contributed by atoms with Crippen molar-refractivity contribution >= 4 is 5.91 Å². The number of carbonyl (C=O) groups is 1. The van der Waals surface area contributed by atoms with Crippen LogP contribution >= 0.6 is 0 Å². The van der Waals surface area contributed by atoms with Gasteiger partial charge in [0.05, 0.1) is 6.20 Å². The van der Waals surface area contributed by atoms with Crippen LogP contribution in [0.5, 0.6) is 0 Å². The fourth-order valence-electron chi connectivity index (χ4n) is 3.54. The Balaban J connectivity index is 1.55. The topological polar surface area (TPSA) is 64.2 Å². The Bertz CT molecular complexity index is 949. The Kier molecular flexibility index (Phi) is 4.75. The number of hydrogen-bond donors (Lipinski definition) is 0. The highest BCUT2D eigenvalue weighted by Crippen LogP contribution is 2.32. The maximum Gasteiger partial charge on any atom is 0.290 e. The maximum atomic E-state index is 13.4. The van der Waals surface area contributed by atoms with Crippen LogP contribution in [0.15, 0.2) is 47.3 Å². The lowest BCUT2D eigenvalue weighted by Gasteiger charge is -2.33. The molecule has 140 valence electrons. The summed E-state index contributed by atoms with van der Waals surface area (Å²) in [6.07, 6.45) is 8.27. The largest absolute Gasteiger partial charge is 0.443 e. The highest BCUT2D eigenvalue weighted by atomic mass is 19.1. The van der Waals surface area contributed by atoms with Crippen molar-refractivity contribution in [1.29, 1.82) is 0 Å². The molecule has 0 N–H and O–H groups in total. The Labute approximate surface area is 156 Å². The first-order chi connectivity index (χ1) is 13.1. The third-order valence-corrected chi connectivity index (χ3v) is 4.90. The lowest BCUT2D eigenvalue weighted by molar-refractivity contribution is 0.0554. The van der Waals surface area contributed by atoms with Crippen LogP contribution in [0.25, 0.3) is 0 Å². The number of hydrogen-bond acceptors (Lipinski definition) is 4. The molecule has 0 spiro atoms. The molecule has 0 bridgehead atoms. The number of carbonyl (C=O) groups excluding carboxylic acids is 1. The van der Waals surface area contributed by atoms with Crippen molar-refractivity contribution in [2.45, 2.75) is 31.7 Å². The van der Waals surface area contributed by atoms with Gasteiger partial charge in [0, 0.05) is 32.4 Å². The summed E-state index contributed by atoms with van der Waals surface area (Å²) in [5.41, 5.74) is 0.822. The molecule has 0 radical (unpaired) electrons. The highest BCUT2D eigenvalue weighted by Gasteiger charge is 2.33. The molecule has 2 aromatic heterocycles. The molecule has 1 saturated heterocycles. The molecule has 7 heteroatoms. The van der Waals surface area contributed by atoms with Gasteiger partial charge < -0.3 is 13.9 Å². The molecule has 1 amide bonds. The summed E-state index contributed by atoms with van der Waals surface area (Å²) < 4.78 is 21.0. The van der Waals surface area contributed by atoms with Gasteiger partial charge in [0.2, 0.25) is 5.89 Å². The van der Waals surface area contributed by atoms with Crippen molar-refractivity contribution in [2.75, 3.05) is 6.54 Å². The van der Waals surface area contributed by atoms with Gasteiger partial charge >= 0.3 is 0 Å². The first-order valence-corrected chi connectivity index (χ1v) is 9.09. The molecule has 3 aromatic rings. The quantitative estimate of drug-likeness (QED) is 0.707. The van der Waals surface area contributed by atoms with Crippen LogP contribution in [0.3, 0.4) is 0 Å². The van der Waals surface area contributed by atoms with E-state index in [0.717, 1.165) is 24.8 Å². The van der Waals surface area contributed by atoms with Crippen LogP contribution in [0.4, 0.5) is 4.39 Å². The molecule has 1 aliphatic heterocycles. The summed E-state index contributed by atoms with van der Waals surface area (Å²) >= 11 is 0. The van der Waals surface area contributed by atoms with Crippen molar-refractivity contribution in [3.8, 4) is 0 Å². The summed E-state index contributed by atoms with van der Waals surface area (Å²) in [5.74, 6) is 1.21. The zero-order chi connectivity index (χ0) is 18.8. The number of aryl methyl sites for hydroxylation is 1. The van der Waals surface area contributed by atoms with E-state index in [9.17, 15) is 9.18 Å². The van der Waals surface area contributed by atoms with E-state index < -0.39 is 0 Å². The van der Waals surface area contributed by atoms with E-state index in [-0.39, 0.29) is 17.8 Å². The highest BCUT2D eigenvalue weighted by molar-refractivity contribution is 5.91. The van der Waals surface area contributed by atoms with E-state index in [1.54, 1.807) is 41.2 Å². The third kappa shape index (κ3) is 3.63. The van der Waals surface area contributed by atoms with Gasteiger partial charge in [-0.05, 0) is 37.0 Å².